The van der Waals surface area contributed by atoms with Crippen molar-refractivity contribution in [3.63, 3.8) is 0 Å². The van der Waals surface area contributed by atoms with Gasteiger partial charge in [0.25, 0.3) is 5.91 Å². The molecule has 2 aromatic heterocycles. The Balaban J connectivity index is 1.29. The van der Waals surface area contributed by atoms with Gasteiger partial charge in [-0.1, -0.05) is 6.08 Å². The lowest BCUT2D eigenvalue weighted by Gasteiger charge is -2.36. The maximum absolute atomic E-state index is 14.1. The average Bonchev–Trinajstić information content (AvgIpc) is 3.56. The number of anilines is 1. The number of piperazine rings is 1. The van der Waals surface area contributed by atoms with E-state index in [-0.39, 0.29) is 12.0 Å². The van der Waals surface area contributed by atoms with Crippen molar-refractivity contribution in [3.8, 4) is 5.75 Å². The molecule has 5 heterocycles. The van der Waals surface area contributed by atoms with Gasteiger partial charge in [0, 0.05) is 66.4 Å². The molecule has 0 atom stereocenters. The lowest BCUT2D eigenvalue weighted by Crippen LogP contribution is -2.49. The maximum Gasteiger partial charge on any atom is 0.497 e. The first kappa shape index (κ1) is 33.8. The number of amides is 2. The number of ether oxygens (including phenoxy) is 2. The van der Waals surface area contributed by atoms with Crippen molar-refractivity contribution in [3.05, 3.63) is 53.6 Å². The average molecular weight is 662 g/mol. The molecular weight excluding hydrogens is 616 g/mol. The van der Waals surface area contributed by atoms with Gasteiger partial charge in [0.15, 0.2) is 11.6 Å². The molecule has 3 aromatic rings. The lowest BCUT2D eigenvalue weighted by molar-refractivity contribution is 0.00578. The molecule has 3 aliphatic rings. The number of hydrogen-bond donors (Lipinski definition) is 1. The molecule has 2 fully saturated rings. The third-order valence-corrected chi connectivity index (χ3v) is 9.55. The number of halogens is 1. The summed E-state index contributed by atoms with van der Waals surface area (Å²) in [4.78, 5) is 40.3. The predicted octanol–water partition coefficient (Wildman–Crippen LogP) is 5.00. The molecule has 48 heavy (non-hydrogen) atoms. The number of rotatable bonds is 5. The molecule has 13 heteroatoms. The van der Waals surface area contributed by atoms with E-state index >= 15 is 0 Å². The first-order valence-corrected chi connectivity index (χ1v) is 16.5. The zero-order valence-corrected chi connectivity index (χ0v) is 29.1. The fourth-order valence-electron chi connectivity index (χ4n) is 6.25. The van der Waals surface area contributed by atoms with Crippen LogP contribution in [0.15, 0.2) is 36.5 Å². The number of nitrogens with zero attached hydrogens (tertiary/aromatic N) is 4. The monoisotopic (exact) mass is 661 g/mol. The van der Waals surface area contributed by atoms with Crippen molar-refractivity contribution < 1.29 is 32.8 Å². The van der Waals surface area contributed by atoms with E-state index < -0.39 is 29.7 Å². The Morgan fingerprint density at radius 2 is 1.67 bits per heavy atom. The summed E-state index contributed by atoms with van der Waals surface area (Å²) in [7, 11) is 0.783. The molecule has 0 unspecified atom stereocenters. The molecule has 2 saturated heterocycles. The number of nitrogens with one attached hydrogen (secondary N) is 1. The standard InChI is InChI=1S/C35H45BFN5O6/c1-33(2,3)46-32(44)42-11-9-10-22(21-42)27-18-23-16-24(17-26(29(23)39-27)36-47-34(4,5)35(6,7)48-36)31(43)41-14-12-40(13-15-41)30-28(45-8)19-25(37)20-38-30/h10,16-20,39H,9,11-15,21H2,1-8H3. The number of aromatic nitrogens is 2. The molecule has 3 aliphatic heterocycles. The van der Waals surface area contributed by atoms with Crippen LogP contribution in [0.1, 0.15) is 70.9 Å². The number of carbonyl (C=O) groups is 2. The Hall–Kier alpha value is -4.10. The van der Waals surface area contributed by atoms with Gasteiger partial charge in [0.05, 0.1) is 31.1 Å². The predicted molar refractivity (Wildman–Crippen MR) is 183 cm³/mol. The minimum atomic E-state index is -0.704. The molecule has 1 aromatic carbocycles. The van der Waals surface area contributed by atoms with Gasteiger partial charge in [-0.25, -0.2) is 14.2 Å². The number of fused-ring (bicyclic) bond motifs is 1. The fraction of sp³-hybridized carbons (Fsp3) is 0.514. The van der Waals surface area contributed by atoms with Crippen molar-refractivity contribution >= 4 is 46.9 Å². The molecule has 1 N–H and O–H groups in total. The smallest absolute Gasteiger partial charge is 0.493 e. The van der Waals surface area contributed by atoms with Crippen LogP contribution in [0.3, 0.4) is 0 Å². The second-order valence-corrected chi connectivity index (χ2v) is 14.7. The highest BCUT2D eigenvalue weighted by Crippen LogP contribution is 2.38. The van der Waals surface area contributed by atoms with Crippen LogP contribution >= 0.6 is 0 Å². The van der Waals surface area contributed by atoms with E-state index in [0.717, 1.165) is 27.6 Å². The van der Waals surface area contributed by atoms with Gasteiger partial charge in [0.2, 0.25) is 0 Å². The van der Waals surface area contributed by atoms with E-state index in [1.54, 1.807) is 4.90 Å². The zero-order valence-electron chi connectivity index (χ0n) is 29.1. The normalized spacial score (nSPS) is 19.5. The third-order valence-electron chi connectivity index (χ3n) is 9.55. The Kier molecular flexibility index (Phi) is 8.74. The maximum atomic E-state index is 14.1. The van der Waals surface area contributed by atoms with Gasteiger partial charge < -0.3 is 38.5 Å². The first-order chi connectivity index (χ1) is 22.5. The minimum absolute atomic E-state index is 0.107. The van der Waals surface area contributed by atoms with Crippen LogP contribution in [0.25, 0.3) is 16.5 Å². The lowest BCUT2D eigenvalue weighted by atomic mass is 9.77. The third kappa shape index (κ3) is 6.62. The molecule has 11 nitrogen and oxygen atoms in total. The summed E-state index contributed by atoms with van der Waals surface area (Å²) in [5.41, 5.74) is 2.16. The number of benzene rings is 1. The van der Waals surface area contributed by atoms with E-state index in [0.29, 0.717) is 62.8 Å². The minimum Gasteiger partial charge on any atom is -0.493 e. The van der Waals surface area contributed by atoms with Crippen LogP contribution in [0, 0.1) is 5.82 Å². The van der Waals surface area contributed by atoms with Gasteiger partial charge >= 0.3 is 13.2 Å². The Labute approximate surface area is 281 Å². The fourth-order valence-corrected chi connectivity index (χ4v) is 6.25. The summed E-state index contributed by atoms with van der Waals surface area (Å²) >= 11 is 0. The Bertz CT molecular complexity index is 1740. The van der Waals surface area contributed by atoms with Crippen molar-refractivity contribution in [2.45, 2.75) is 71.7 Å². The van der Waals surface area contributed by atoms with Crippen LogP contribution in [-0.4, -0.2) is 102 Å². The van der Waals surface area contributed by atoms with Crippen molar-refractivity contribution in [2.75, 3.05) is 51.3 Å². The topological polar surface area (TPSA) is 109 Å². The van der Waals surface area contributed by atoms with Crippen LogP contribution in [0.4, 0.5) is 15.0 Å². The van der Waals surface area contributed by atoms with Crippen molar-refractivity contribution in [1.29, 1.82) is 0 Å². The van der Waals surface area contributed by atoms with Gasteiger partial charge in [0.1, 0.15) is 11.4 Å². The van der Waals surface area contributed by atoms with Gasteiger partial charge in [-0.05, 0) is 78.7 Å². The van der Waals surface area contributed by atoms with Gasteiger partial charge in [-0.3, -0.25) is 4.79 Å². The summed E-state index contributed by atoms with van der Waals surface area (Å²) in [6.45, 7) is 16.5. The van der Waals surface area contributed by atoms with E-state index in [9.17, 15) is 14.0 Å². The quantitative estimate of drug-likeness (QED) is 0.381. The van der Waals surface area contributed by atoms with Crippen molar-refractivity contribution in [1.82, 2.24) is 19.8 Å². The molecule has 0 spiro atoms. The van der Waals surface area contributed by atoms with E-state index in [1.165, 1.54) is 19.4 Å². The summed E-state index contributed by atoms with van der Waals surface area (Å²) in [6.07, 6.45) is 3.66. The summed E-state index contributed by atoms with van der Waals surface area (Å²) < 4.78 is 37.7. The Morgan fingerprint density at radius 3 is 2.31 bits per heavy atom. The summed E-state index contributed by atoms with van der Waals surface area (Å²) in [6, 6.07) is 7.11. The number of aromatic amines is 1. The highest BCUT2D eigenvalue weighted by Gasteiger charge is 2.52. The molecular formula is C35H45BFN5O6. The first-order valence-electron chi connectivity index (χ1n) is 16.5. The van der Waals surface area contributed by atoms with Gasteiger partial charge in [-0.2, -0.15) is 0 Å². The summed E-state index contributed by atoms with van der Waals surface area (Å²) in [5.74, 6) is 0.338. The van der Waals surface area contributed by atoms with Crippen LogP contribution in [0.2, 0.25) is 0 Å². The number of hydrogen-bond acceptors (Lipinski definition) is 8. The highest BCUT2D eigenvalue weighted by atomic mass is 19.1. The zero-order chi connectivity index (χ0) is 34.6. The molecule has 0 aliphatic carbocycles. The second kappa shape index (κ2) is 12.4. The SMILES string of the molecule is COc1cc(F)cnc1N1CCN(C(=O)c2cc(B3OC(C)(C)C(C)(C)O3)c3[nH]c(C4=CCCN(C(=O)OC(C)(C)C)C4)cc3c2)CC1. The Morgan fingerprint density at radius 1 is 0.979 bits per heavy atom. The number of pyridine rings is 1. The molecule has 0 saturated carbocycles. The molecule has 2 amide bonds. The molecule has 256 valence electrons. The molecule has 6 rings (SSSR count). The highest BCUT2D eigenvalue weighted by molar-refractivity contribution is 6.65. The molecule has 0 radical (unpaired) electrons. The van der Waals surface area contributed by atoms with Crippen LogP contribution in [0.5, 0.6) is 5.75 Å². The number of carbonyl (C=O) groups excluding carboxylic acids is 2. The van der Waals surface area contributed by atoms with E-state index in [2.05, 4.69) is 16.0 Å². The molecule has 0 bridgehead atoms. The van der Waals surface area contributed by atoms with E-state index in [4.69, 9.17) is 18.8 Å². The van der Waals surface area contributed by atoms with Crippen LogP contribution in [-0.2, 0) is 14.0 Å². The van der Waals surface area contributed by atoms with Gasteiger partial charge in [-0.15, -0.1) is 0 Å². The van der Waals surface area contributed by atoms with E-state index in [1.807, 2.05) is 76.5 Å². The largest absolute Gasteiger partial charge is 0.497 e. The van der Waals surface area contributed by atoms with Crippen molar-refractivity contribution in [2.24, 2.45) is 0 Å². The van der Waals surface area contributed by atoms with Crippen LogP contribution < -0.4 is 15.1 Å². The second-order valence-electron chi connectivity index (χ2n) is 14.7. The number of methoxy groups -OCH3 is 1. The number of H-pyrrole nitrogens is 1. The summed E-state index contributed by atoms with van der Waals surface area (Å²) in [5, 5.41) is 0.842.